The summed E-state index contributed by atoms with van der Waals surface area (Å²) in [6.45, 7) is 3.95. The molecular weight excluding hydrogens is 251 g/mol. The smallest absolute Gasteiger partial charge is 0.404 e. The minimum Gasteiger partial charge on any atom is -0.481 e. The first-order valence-electron chi connectivity index (χ1n) is 5.70. The van der Waals surface area contributed by atoms with Crippen LogP contribution in [0.4, 0.5) is 13.2 Å². The van der Waals surface area contributed by atoms with Crippen molar-refractivity contribution in [2.24, 2.45) is 5.92 Å². The van der Waals surface area contributed by atoms with Gasteiger partial charge in [-0.25, -0.2) is 0 Å². The molecule has 0 rings (SSSR count). The number of ether oxygens (including phenoxy) is 1. The number of halogens is 3. The number of aliphatic carboxylic acids is 1. The summed E-state index contributed by atoms with van der Waals surface area (Å²) in [5.41, 5.74) is 0. The van der Waals surface area contributed by atoms with Crippen molar-refractivity contribution >= 4 is 5.97 Å². The molecule has 0 aromatic heterocycles. The summed E-state index contributed by atoms with van der Waals surface area (Å²) < 4.78 is 43.4. The molecule has 4 nitrogen and oxygen atoms in total. The summed E-state index contributed by atoms with van der Waals surface area (Å²) in [4.78, 5) is 11.7. The van der Waals surface area contributed by atoms with Crippen molar-refractivity contribution in [3.05, 3.63) is 0 Å². The molecule has 0 fully saturated rings. The Morgan fingerprint density at radius 1 is 1.39 bits per heavy atom. The van der Waals surface area contributed by atoms with Crippen molar-refractivity contribution in [1.29, 1.82) is 0 Å². The zero-order valence-corrected chi connectivity index (χ0v) is 10.8. The van der Waals surface area contributed by atoms with Crippen LogP contribution in [0.25, 0.3) is 0 Å². The monoisotopic (exact) mass is 271 g/mol. The quantitative estimate of drug-likeness (QED) is 0.733. The molecule has 108 valence electrons. The van der Waals surface area contributed by atoms with Gasteiger partial charge in [0.25, 0.3) is 0 Å². The Balaban J connectivity index is 4.87. The highest BCUT2D eigenvalue weighted by Crippen LogP contribution is 2.27. The SMILES string of the molecule is COCCN(CC(C)C)C(CC(=O)O)C(F)(F)F. The number of nitrogens with zero attached hydrogens (tertiary/aromatic N) is 1. The maximum Gasteiger partial charge on any atom is 0.404 e. The normalized spacial score (nSPS) is 14.2. The lowest BCUT2D eigenvalue weighted by atomic mass is 10.1. The molecule has 0 aromatic carbocycles. The van der Waals surface area contributed by atoms with Gasteiger partial charge < -0.3 is 9.84 Å². The molecule has 0 aromatic rings. The fourth-order valence-electron chi connectivity index (χ4n) is 1.67. The fourth-order valence-corrected chi connectivity index (χ4v) is 1.67. The van der Waals surface area contributed by atoms with Crippen LogP contribution in [0.2, 0.25) is 0 Å². The van der Waals surface area contributed by atoms with Crippen LogP contribution < -0.4 is 0 Å². The second-order valence-electron chi connectivity index (χ2n) is 4.54. The van der Waals surface area contributed by atoms with E-state index in [0.29, 0.717) is 0 Å². The Bertz CT molecular complexity index is 256. The van der Waals surface area contributed by atoms with Gasteiger partial charge in [-0.2, -0.15) is 13.2 Å². The number of carboxylic acids is 1. The molecule has 0 bridgehead atoms. The first kappa shape index (κ1) is 17.2. The van der Waals surface area contributed by atoms with E-state index in [-0.39, 0.29) is 25.6 Å². The number of carbonyl (C=O) groups is 1. The van der Waals surface area contributed by atoms with E-state index in [1.54, 1.807) is 13.8 Å². The molecular formula is C11H20F3NO3. The van der Waals surface area contributed by atoms with Gasteiger partial charge in [0.05, 0.1) is 13.0 Å². The lowest BCUT2D eigenvalue weighted by Gasteiger charge is -2.33. The molecule has 0 radical (unpaired) electrons. The Hall–Kier alpha value is -0.820. The molecule has 1 unspecified atom stereocenters. The molecule has 0 heterocycles. The lowest BCUT2D eigenvalue weighted by molar-refractivity contribution is -0.192. The molecule has 0 aliphatic carbocycles. The van der Waals surface area contributed by atoms with E-state index in [1.165, 1.54) is 7.11 Å². The Labute approximate surface area is 105 Å². The van der Waals surface area contributed by atoms with Crippen LogP contribution in [-0.2, 0) is 9.53 Å². The maximum absolute atomic E-state index is 12.9. The molecule has 0 spiro atoms. The van der Waals surface area contributed by atoms with E-state index in [4.69, 9.17) is 9.84 Å². The van der Waals surface area contributed by atoms with Crippen LogP contribution in [0, 0.1) is 5.92 Å². The van der Waals surface area contributed by atoms with E-state index in [2.05, 4.69) is 0 Å². The summed E-state index contributed by atoms with van der Waals surface area (Å²) >= 11 is 0. The zero-order chi connectivity index (χ0) is 14.3. The van der Waals surface area contributed by atoms with Gasteiger partial charge in [-0.1, -0.05) is 13.8 Å². The van der Waals surface area contributed by atoms with E-state index in [9.17, 15) is 18.0 Å². The highest BCUT2D eigenvalue weighted by Gasteiger charge is 2.44. The summed E-state index contributed by atoms with van der Waals surface area (Å²) in [5.74, 6) is -1.44. The highest BCUT2D eigenvalue weighted by molar-refractivity contribution is 5.67. The molecule has 1 atom stereocenters. The van der Waals surface area contributed by atoms with Crippen molar-refractivity contribution < 1.29 is 27.8 Å². The lowest BCUT2D eigenvalue weighted by Crippen LogP contribution is -2.49. The molecule has 0 amide bonds. The predicted molar refractivity (Wildman–Crippen MR) is 60.4 cm³/mol. The molecule has 0 saturated heterocycles. The summed E-state index contributed by atoms with van der Waals surface area (Å²) in [6.07, 6.45) is -5.50. The summed E-state index contributed by atoms with van der Waals surface area (Å²) in [7, 11) is 1.40. The molecule has 0 aliphatic heterocycles. The van der Waals surface area contributed by atoms with Gasteiger partial charge in [0.2, 0.25) is 0 Å². The first-order chi connectivity index (χ1) is 8.18. The summed E-state index contributed by atoms with van der Waals surface area (Å²) in [5, 5.41) is 8.60. The van der Waals surface area contributed by atoms with Crippen LogP contribution in [0.5, 0.6) is 0 Å². The average Bonchev–Trinajstić information content (AvgIpc) is 2.18. The molecule has 0 aliphatic rings. The second-order valence-corrected chi connectivity index (χ2v) is 4.54. The predicted octanol–water partition coefficient (Wildman–Crippen LogP) is 2.00. The summed E-state index contributed by atoms with van der Waals surface area (Å²) in [6, 6.07) is -1.97. The van der Waals surface area contributed by atoms with Crippen LogP contribution in [0.1, 0.15) is 20.3 Å². The third kappa shape index (κ3) is 6.80. The van der Waals surface area contributed by atoms with E-state index < -0.39 is 24.6 Å². The van der Waals surface area contributed by atoms with Crippen molar-refractivity contribution in [2.45, 2.75) is 32.5 Å². The Morgan fingerprint density at radius 2 is 1.94 bits per heavy atom. The molecule has 18 heavy (non-hydrogen) atoms. The van der Waals surface area contributed by atoms with Gasteiger partial charge >= 0.3 is 12.1 Å². The third-order valence-corrected chi connectivity index (χ3v) is 2.37. The van der Waals surface area contributed by atoms with Crippen LogP contribution in [0.3, 0.4) is 0 Å². The molecule has 7 heteroatoms. The minimum absolute atomic E-state index is 0.0144. The van der Waals surface area contributed by atoms with Gasteiger partial charge in [-0.05, 0) is 5.92 Å². The number of carboxylic acid groups (broad SMARTS) is 1. The van der Waals surface area contributed by atoms with Gasteiger partial charge in [-0.3, -0.25) is 9.69 Å². The van der Waals surface area contributed by atoms with E-state index in [0.717, 1.165) is 4.90 Å². The fraction of sp³-hybridized carbons (Fsp3) is 0.909. The zero-order valence-electron chi connectivity index (χ0n) is 10.8. The number of hydrogen-bond acceptors (Lipinski definition) is 3. The minimum atomic E-state index is -4.55. The van der Waals surface area contributed by atoms with Crippen molar-refractivity contribution in [3.63, 3.8) is 0 Å². The van der Waals surface area contributed by atoms with E-state index in [1.807, 2.05) is 0 Å². The number of hydrogen-bond donors (Lipinski definition) is 1. The van der Waals surface area contributed by atoms with Crippen molar-refractivity contribution in [2.75, 3.05) is 26.8 Å². The van der Waals surface area contributed by atoms with Crippen LogP contribution in [0.15, 0.2) is 0 Å². The molecule has 1 N–H and O–H groups in total. The van der Waals surface area contributed by atoms with Crippen LogP contribution in [-0.4, -0.2) is 55.0 Å². The van der Waals surface area contributed by atoms with Gasteiger partial charge in [0.15, 0.2) is 0 Å². The van der Waals surface area contributed by atoms with Crippen molar-refractivity contribution in [1.82, 2.24) is 4.90 Å². The van der Waals surface area contributed by atoms with Gasteiger partial charge in [0, 0.05) is 20.2 Å². The largest absolute Gasteiger partial charge is 0.481 e. The highest BCUT2D eigenvalue weighted by atomic mass is 19.4. The maximum atomic E-state index is 12.9. The van der Waals surface area contributed by atoms with Crippen LogP contribution >= 0.6 is 0 Å². The Morgan fingerprint density at radius 3 is 2.28 bits per heavy atom. The first-order valence-corrected chi connectivity index (χ1v) is 5.70. The van der Waals surface area contributed by atoms with E-state index >= 15 is 0 Å². The Kier molecular flexibility index (Phi) is 7.23. The number of methoxy groups -OCH3 is 1. The van der Waals surface area contributed by atoms with Gasteiger partial charge in [0.1, 0.15) is 6.04 Å². The van der Waals surface area contributed by atoms with Gasteiger partial charge in [-0.15, -0.1) is 0 Å². The standard InChI is InChI=1S/C11H20F3NO3/c1-8(2)7-15(4-5-18-3)9(6-10(16)17)11(12,13)14/h8-9H,4-7H2,1-3H3,(H,16,17). The van der Waals surface area contributed by atoms with Crippen molar-refractivity contribution in [3.8, 4) is 0 Å². The third-order valence-electron chi connectivity index (χ3n) is 2.37. The number of rotatable bonds is 8. The second kappa shape index (κ2) is 7.58. The number of alkyl halides is 3. The average molecular weight is 271 g/mol. The topological polar surface area (TPSA) is 49.8 Å². The molecule has 0 saturated carbocycles.